The van der Waals surface area contributed by atoms with Crippen molar-refractivity contribution in [1.82, 2.24) is 5.32 Å². The first-order chi connectivity index (χ1) is 11.4. The van der Waals surface area contributed by atoms with Crippen LogP contribution in [0.1, 0.15) is 64.0 Å². The molecular formula is C21H30ClNO2. The lowest BCUT2D eigenvalue weighted by Crippen LogP contribution is -2.59. The molecule has 1 heterocycles. The van der Waals surface area contributed by atoms with Crippen molar-refractivity contribution in [2.45, 2.75) is 70.8 Å². The molecule has 1 aliphatic heterocycles. The van der Waals surface area contributed by atoms with Gasteiger partial charge in [-0.15, -0.1) is 12.4 Å². The number of benzene rings is 1. The van der Waals surface area contributed by atoms with E-state index >= 15 is 0 Å². The molecule has 0 amide bonds. The molecule has 1 aromatic rings. The van der Waals surface area contributed by atoms with Crippen molar-refractivity contribution in [2.24, 2.45) is 11.3 Å². The molecule has 0 spiro atoms. The Morgan fingerprint density at radius 1 is 1.24 bits per heavy atom. The molecule has 3 aliphatic rings. The molecule has 4 heteroatoms. The molecule has 3 atom stereocenters. The SMILES string of the molecule is CC(C)(C)C(=O)Oc1ccc2c(c1)C13CCCCC1C(C2)NCC3.Cl. The van der Waals surface area contributed by atoms with E-state index in [2.05, 4.69) is 17.4 Å². The van der Waals surface area contributed by atoms with E-state index in [4.69, 9.17) is 4.74 Å². The minimum Gasteiger partial charge on any atom is -0.426 e. The van der Waals surface area contributed by atoms with Crippen molar-refractivity contribution in [1.29, 1.82) is 0 Å². The zero-order valence-electron chi connectivity index (χ0n) is 15.6. The Morgan fingerprint density at radius 2 is 2.04 bits per heavy atom. The van der Waals surface area contributed by atoms with Crippen molar-refractivity contribution >= 4 is 18.4 Å². The average molecular weight is 364 g/mol. The largest absolute Gasteiger partial charge is 0.426 e. The third-order valence-corrected chi connectivity index (χ3v) is 6.44. The summed E-state index contributed by atoms with van der Waals surface area (Å²) in [6.07, 6.45) is 7.66. The quantitative estimate of drug-likeness (QED) is 0.593. The van der Waals surface area contributed by atoms with Gasteiger partial charge in [-0.1, -0.05) is 18.9 Å². The van der Waals surface area contributed by atoms with Crippen molar-refractivity contribution in [3.8, 4) is 5.75 Å². The zero-order chi connectivity index (χ0) is 16.9. The Hall–Kier alpha value is -1.06. The summed E-state index contributed by atoms with van der Waals surface area (Å²) < 4.78 is 5.70. The van der Waals surface area contributed by atoms with Crippen molar-refractivity contribution in [2.75, 3.05) is 6.54 Å². The smallest absolute Gasteiger partial charge is 0.316 e. The van der Waals surface area contributed by atoms with Gasteiger partial charge in [0, 0.05) is 11.5 Å². The number of piperidine rings is 1. The topological polar surface area (TPSA) is 38.3 Å². The highest BCUT2D eigenvalue weighted by atomic mass is 35.5. The third-order valence-electron chi connectivity index (χ3n) is 6.44. The highest BCUT2D eigenvalue weighted by molar-refractivity contribution is 5.85. The van der Waals surface area contributed by atoms with Crippen LogP contribution in [0.15, 0.2) is 18.2 Å². The van der Waals surface area contributed by atoms with E-state index in [9.17, 15) is 4.79 Å². The Labute approximate surface area is 157 Å². The maximum absolute atomic E-state index is 12.3. The summed E-state index contributed by atoms with van der Waals surface area (Å²) in [4.78, 5) is 12.3. The van der Waals surface area contributed by atoms with Gasteiger partial charge in [0.05, 0.1) is 5.41 Å². The van der Waals surface area contributed by atoms with E-state index in [1.54, 1.807) is 0 Å². The van der Waals surface area contributed by atoms with Gasteiger partial charge in [-0.3, -0.25) is 4.79 Å². The van der Waals surface area contributed by atoms with E-state index in [-0.39, 0.29) is 18.4 Å². The fourth-order valence-corrected chi connectivity index (χ4v) is 5.23. The fourth-order valence-electron chi connectivity index (χ4n) is 5.23. The lowest BCUT2D eigenvalue weighted by molar-refractivity contribution is -0.143. The van der Waals surface area contributed by atoms with Crippen LogP contribution in [0.5, 0.6) is 5.75 Å². The predicted molar refractivity (Wildman–Crippen MR) is 103 cm³/mol. The number of ether oxygens (including phenoxy) is 1. The van der Waals surface area contributed by atoms with Crippen molar-refractivity contribution in [3.05, 3.63) is 29.3 Å². The minimum atomic E-state index is -0.471. The Balaban J connectivity index is 0.00000182. The highest BCUT2D eigenvalue weighted by Crippen LogP contribution is 2.54. The van der Waals surface area contributed by atoms with E-state index in [0.29, 0.717) is 11.5 Å². The molecule has 2 bridgehead atoms. The van der Waals surface area contributed by atoms with Crippen LogP contribution in [0.2, 0.25) is 0 Å². The van der Waals surface area contributed by atoms with Crippen molar-refractivity contribution < 1.29 is 9.53 Å². The van der Waals surface area contributed by atoms with E-state index in [1.807, 2.05) is 26.8 Å². The molecular weight excluding hydrogens is 334 g/mol. The van der Waals surface area contributed by atoms with Crippen LogP contribution in [0.25, 0.3) is 0 Å². The monoisotopic (exact) mass is 363 g/mol. The van der Waals surface area contributed by atoms with Crippen LogP contribution >= 0.6 is 12.4 Å². The van der Waals surface area contributed by atoms with Gasteiger partial charge in [-0.25, -0.2) is 0 Å². The standard InChI is InChI=1S/C21H29NO2.ClH/c1-20(2,3)19(23)24-15-8-7-14-12-18-16-6-4-5-9-21(16,10-11-22-18)17(14)13-15;/h7-8,13,16,18,22H,4-6,9-12H2,1-3H3;1H. The molecule has 3 unspecified atom stereocenters. The summed E-state index contributed by atoms with van der Waals surface area (Å²) in [5.74, 6) is 1.32. The number of esters is 1. The van der Waals surface area contributed by atoms with Gasteiger partial charge in [0.25, 0.3) is 0 Å². The number of fused-ring (bicyclic) bond motifs is 1. The maximum Gasteiger partial charge on any atom is 0.316 e. The van der Waals surface area contributed by atoms with Crippen molar-refractivity contribution in [3.63, 3.8) is 0 Å². The van der Waals surface area contributed by atoms with Gasteiger partial charge in [0.2, 0.25) is 0 Å². The van der Waals surface area contributed by atoms with Crippen LogP contribution in [0.3, 0.4) is 0 Å². The van der Waals surface area contributed by atoms with Crippen LogP contribution in [0, 0.1) is 11.3 Å². The summed E-state index contributed by atoms with van der Waals surface area (Å²) in [6, 6.07) is 7.01. The Kier molecular flexibility index (Phi) is 4.93. The molecule has 0 radical (unpaired) electrons. The number of carbonyl (C=O) groups is 1. The first kappa shape index (κ1) is 18.7. The number of rotatable bonds is 1. The van der Waals surface area contributed by atoms with Gasteiger partial charge in [0.15, 0.2) is 0 Å². The molecule has 1 saturated carbocycles. The summed E-state index contributed by atoms with van der Waals surface area (Å²) in [5, 5.41) is 3.77. The number of carbonyl (C=O) groups excluding carboxylic acids is 1. The molecule has 138 valence electrons. The Morgan fingerprint density at radius 3 is 2.80 bits per heavy atom. The van der Waals surface area contributed by atoms with Crippen LogP contribution < -0.4 is 10.1 Å². The molecule has 2 fully saturated rings. The fraction of sp³-hybridized carbons (Fsp3) is 0.667. The summed E-state index contributed by atoms with van der Waals surface area (Å²) >= 11 is 0. The molecule has 1 aromatic carbocycles. The lowest BCUT2D eigenvalue weighted by atomic mass is 9.53. The normalized spacial score (nSPS) is 30.5. The van der Waals surface area contributed by atoms with E-state index in [1.165, 1.54) is 43.2 Å². The van der Waals surface area contributed by atoms with Gasteiger partial charge in [-0.05, 0) is 82.2 Å². The van der Waals surface area contributed by atoms with E-state index < -0.39 is 5.41 Å². The molecule has 1 saturated heterocycles. The van der Waals surface area contributed by atoms with Crippen LogP contribution in [0.4, 0.5) is 0 Å². The Bertz CT molecular complexity index is 662. The third kappa shape index (κ3) is 3.10. The first-order valence-corrected chi connectivity index (χ1v) is 9.49. The molecule has 25 heavy (non-hydrogen) atoms. The predicted octanol–water partition coefficient (Wildman–Crippen LogP) is 4.41. The molecule has 4 rings (SSSR count). The lowest BCUT2D eigenvalue weighted by Gasteiger charge is -2.56. The first-order valence-electron chi connectivity index (χ1n) is 9.49. The van der Waals surface area contributed by atoms with Gasteiger partial charge in [0.1, 0.15) is 5.75 Å². The molecule has 1 N–H and O–H groups in total. The second-order valence-corrected chi connectivity index (χ2v) is 8.98. The van der Waals surface area contributed by atoms with Gasteiger partial charge < -0.3 is 10.1 Å². The second kappa shape index (κ2) is 6.59. The summed E-state index contributed by atoms with van der Waals surface area (Å²) in [5.41, 5.74) is 2.78. The maximum atomic E-state index is 12.3. The number of nitrogens with one attached hydrogen (secondary N) is 1. The van der Waals surface area contributed by atoms with Crippen LogP contribution in [-0.2, 0) is 16.6 Å². The minimum absolute atomic E-state index is 0. The molecule has 3 nitrogen and oxygen atoms in total. The van der Waals surface area contributed by atoms with Crippen LogP contribution in [-0.4, -0.2) is 18.6 Å². The molecule has 0 aromatic heterocycles. The highest BCUT2D eigenvalue weighted by Gasteiger charge is 2.51. The van der Waals surface area contributed by atoms with Gasteiger partial charge in [-0.2, -0.15) is 0 Å². The number of hydrogen-bond donors (Lipinski definition) is 1. The number of hydrogen-bond acceptors (Lipinski definition) is 3. The van der Waals surface area contributed by atoms with E-state index in [0.717, 1.165) is 24.6 Å². The molecule has 2 aliphatic carbocycles. The van der Waals surface area contributed by atoms with Gasteiger partial charge >= 0.3 is 5.97 Å². The summed E-state index contributed by atoms with van der Waals surface area (Å²) in [7, 11) is 0. The zero-order valence-corrected chi connectivity index (χ0v) is 16.4. The second-order valence-electron chi connectivity index (χ2n) is 8.98. The summed E-state index contributed by atoms with van der Waals surface area (Å²) in [6.45, 7) is 6.83. The average Bonchev–Trinajstić information content (AvgIpc) is 2.54. The number of halogens is 1.